The second kappa shape index (κ2) is 6.09. The molecule has 1 aliphatic heterocycles. The van der Waals surface area contributed by atoms with Gasteiger partial charge in [0.25, 0.3) is 5.91 Å². The van der Waals surface area contributed by atoms with Crippen molar-refractivity contribution >= 4 is 17.2 Å². The van der Waals surface area contributed by atoms with Gasteiger partial charge >= 0.3 is 0 Å². The molecule has 122 valence electrons. The van der Waals surface area contributed by atoms with Gasteiger partial charge in [0.05, 0.1) is 24.2 Å². The van der Waals surface area contributed by atoms with Crippen LogP contribution in [0.3, 0.4) is 0 Å². The first kappa shape index (κ1) is 14.9. The van der Waals surface area contributed by atoms with Gasteiger partial charge in [-0.15, -0.1) is 0 Å². The van der Waals surface area contributed by atoms with Crippen molar-refractivity contribution in [3.8, 4) is 17.1 Å². The molecule has 6 nitrogen and oxygen atoms in total. The normalized spacial score (nSPS) is 14.5. The van der Waals surface area contributed by atoms with Crippen LogP contribution in [0.2, 0.25) is 0 Å². The Labute approximate surface area is 142 Å². The van der Waals surface area contributed by atoms with Crippen LogP contribution in [0.15, 0.2) is 45.6 Å². The molecule has 0 N–H and O–H groups in total. The monoisotopic (exact) mass is 341 g/mol. The summed E-state index contributed by atoms with van der Waals surface area (Å²) in [5.74, 6) is 1.91. The third-order valence-corrected chi connectivity index (χ3v) is 4.76. The summed E-state index contributed by atoms with van der Waals surface area (Å²) in [5, 5.41) is 7.82. The van der Waals surface area contributed by atoms with Gasteiger partial charge in [-0.25, -0.2) is 0 Å². The first-order valence-corrected chi connectivity index (χ1v) is 8.49. The Kier molecular flexibility index (Phi) is 3.78. The minimum absolute atomic E-state index is 0.0527. The lowest BCUT2D eigenvalue weighted by molar-refractivity contribution is 0.0570. The molecule has 3 aromatic rings. The maximum atomic E-state index is 12.2. The average molecular weight is 341 g/mol. The van der Waals surface area contributed by atoms with Crippen LogP contribution in [0.25, 0.3) is 11.4 Å². The lowest BCUT2D eigenvalue weighted by atomic mass is 9.99. The number of ether oxygens (including phenoxy) is 1. The summed E-state index contributed by atoms with van der Waals surface area (Å²) < 4.78 is 10.7. The van der Waals surface area contributed by atoms with Gasteiger partial charge in [0.2, 0.25) is 11.7 Å². The molecule has 2 aromatic heterocycles. The van der Waals surface area contributed by atoms with Crippen LogP contribution < -0.4 is 4.74 Å². The molecule has 4 rings (SSSR count). The molecule has 0 unspecified atom stereocenters. The van der Waals surface area contributed by atoms with Crippen molar-refractivity contribution in [2.75, 3.05) is 20.2 Å². The van der Waals surface area contributed by atoms with E-state index in [4.69, 9.17) is 9.26 Å². The summed E-state index contributed by atoms with van der Waals surface area (Å²) in [7, 11) is 1.61. The number of amides is 1. The smallest absolute Gasteiger partial charge is 0.254 e. The van der Waals surface area contributed by atoms with Gasteiger partial charge in [0.15, 0.2) is 0 Å². The number of nitrogens with zero attached hydrogens (tertiary/aromatic N) is 3. The Morgan fingerprint density at radius 2 is 2.17 bits per heavy atom. The van der Waals surface area contributed by atoms with Crippen LogP contribution in [0, 0.1) is 0 Å². The van der Waals surface area contributed by atoms with Gasteiger partial charge in [0, 0.05) is 18.5 Å². The molecule has 3 heterocycles. The van der Waals surface area contributed by atoms with Crippen LogP contribution in [0.1, 0.15) is 22.2 Å². The molecule has 0 spiro atoms. The van der Waals surface area contributed by atoms with Crippen LogP contribution in [-0.2, 0) is 0 Å². The second-order valence-electron chi connectivity index (χ2n) is 5.58. The van der Waals surface area contributed by atoms with Crippen molar-refractivity contribution in [2.45, 2.75) is 5.92 Å². The molecule has 0 bridgehead atoms. The van der Waals surface area contributed by atoms with E-state index >= 15 is 0 Å². The van der Waals surface area contributed by atoms with Gasteiger partial charge in [-0.1, -0.05) is 17.3 Å². The van der Waals surface area contributed by atoms with Crippen molar-refractivity contribution in [2.24, 2.45) is 0 Å². The molecule has 1 fully saturated rings. The summed E-state index contributed by atoms with van der Waals surface area (Å²) in [6, 6.07) is 9.38. The minimum atomic E-state index is 0.0527. The maximum absolute atomic E-state index is 12.2. The number of hydrogen-bond acceptors (Lipinski definition) is 6. The predicted molar refractivity (Wildman–Crippen MR) is 89.2 cm³/mol. The van der Waals surface area contributed by atoms with Crippen LogP contribution in [-0.4, -0.2) is 41.1 Å². The number of aromatic nitrogens is 2. The van der Waals surface area contributed by atoms with Crippen molar-refractivity contribution in [3.05, 3.63) is 52.5 Å². The summed E-state index contributed by atoms with van der Waals surface area (Å²) >= 11 is 1.52. The number of benzene rings is 1. The molecule has 0 saturated carbocycles. The molecular formula is C17H15N3O3S. The third-order valence-electron chi connectivity index (χ3n) is 4.08. The zero-order valence-corrected chi connectivity index (χ0v) is 13.8. The van der Waals surface area contributed by atoms with Crippen LogP contribution >= 0.6 is 11.3 Å². The SMILES string of the molecule is COc1ccccc1-c1noc(C2CN(C(=O)c3ccsc3)C2)n1. The summed E-state index contributed by atoms with van der Waals surface area (Å²) in [6.45, 7) is 1.20. The lowest BCUT2D eigenvalue weighted by Gasteiger charge is -2.36. The molecule has 1 saturated heterocycles. The number of thiophene rings is 1. The Hall–Kier alpha value is -2.67. The summed E-state index contributed by atoms with van der Waals surface area (Å²) in [6.07, 6.45) is 0. The van der Waals surface area contributed by atoms with E-state index in [9.17, 15) is 4.79 Å². The fraction of sp³-hybridized carbons (Fsp3) is 0.235. The number of likely N-dealkylation sites (tertiary alicyclic amines) is 1. The van der Waals surface area contributed by atoms with E-state index in [1.807, 2.05) is 41.1 Å². The van der Waals surface area contributed by atoms with Gasteiger partial charge in [-0.05, 0) is 23.6 Å². The molecule has 7 heteroatoms. The van der Waals surface area contributed by atoms with E-state index in [1.54, 1.807) is 12.0 Å². The summed E-state index contributed by atoms with van der Waals surface area (Å²) in [4.78, 5) is 18.5. The van der Waals surface area contributed by atoms with E-state index in [0.29, 0.717) is 30.6 Å². The highest BCUT2D eigenvalue weighted by Gasteiger charge is 2.36. The molecule has 0 aliphatic carbocycles. The zero-order valence-electron chi connectivity index (χ0n) is 13.0. The highest BCUT2D eigenvalue weighted by Crippen LogP contribution is 2.31. The lowest BCUT2D eigenvalue weighted by Crippen LogP contribution is -2.48. The molecule has 1 amide bonds. The van der Waals surface area contributed by atoms with E-state index in [1.165, 1.54) is 11.3 Å². The number of rotatable bonds is 4. The zero-order chi connectivity index (χ0) is 16.5. The van der Waals surface area contributed by atoms with Gasteiger partial charge < -0.3 is 14.2 Å². The topological polar surface area (TPSA) is 68.5 Å². The van der Waals surface area contributed by atoms with Gasteiger partial charge in [0.1, 0.15) is 5.75 Å². The van der Waals surface area contributed by atoms with Crippen LogP contribution in [0.4, 0.5) is 0 Å². The Morgan fingerprint density at radius 3 is 2.92 bits per heavy atom. The van der Waals surface area contributed by atoms with E-state index in [2.05, 4.69) is 10.1 Å². The molecule has 0 radical (unpaired) electrons. The fourth-order valence-electron chi connectivity index (χ4n) is 2.71. The molecule has 1 aliphatic rings. The van der Waals surface area contributed by atoms with Crippen molar-refractivity contribution < 1.29 is 14.1 Å². The third kappa shape index (κ3) is 2.56. The largest absolute Gasteiger partial charge is 0.496 e. The Morgan fingerprint density at radius 1 is 1.33 bits per heavy atom. The predicted octanol–water partition coefficient (Wildman–Crippen LogP) is 3.05. The minimum Gasteiger partial charge on any atom is -0.496 e. The van der Waals surface area contributed by atoms with E-state index < -0.39 is 0 Å². The van der Waals surface area contributed by atoms with E-state index in [0.717, 1.165) is 11.1 Å². The van der Waals surface area contributed by atoms with Crippen LogP contribution in [0.5, 0.6) is 5.75 Å². The van der Waals surface area contributed by atoms with Gasteiger partial charge in [-0.2, -0.15) is 16.3 Å². The highest BCUT2D eigenvalue weighted by atomic mass is 32.1. The second-order valence-corrected chi connectivity index (χ2v) is 6.36. The number of carbonyl (C=O) groups is 1. The Bertz CT molecular complexity index is 854. The number of methoxy groups -OCH3 is 1. The molecular weight excluding hydrogens is 326 g/mol. The first-order valence-electron chi connectivity index (χ1n) is 7.54. The number of carbonyl (C=O) groups excluding carboxylic acids is 1. The number of para-hydroxylation sites is 1. The molecule has 1 aromatic carbocycles. The van der Waals surface area contributed by atoms with Crippen molar-refractivity contribution in [3.63, 3.8) is 0 Å². The van der Waals surface area contributed by atoms with Crippen molar-refractivity contribution in [1.82, 2.24) is 15.0 Å². The van der Waals surface area contributed by atoms with Gasteiger partial charge in [-0.3, -0.25) is 4.79 Å². The molecule has 24 heavy (non-hydrogen) atoms. The first-order chi connectivity index (χ1) is 11.8. The molecule has 0 atom stereocenters. The maximum Gasteiger partial charge on any atom is 0.254 e. The number of hydrogen-bond donors (Lipinski definition) is 0. The average Bonchev–Trinajstić information content (AvgIpc) is 3.25. The highest BCUT2D eigenvalue weighted by molar-refractivity contribution is 7.08. The fourth-order valence-corrected chi connectivity index (χ4v) is 3.34. The quantitative estimate of drug-likeness (QED) is 0.729. The Balaban J connectivity index is 1.46. The summed E-state index contributed by atoms with van der Waals surface area (Å²) in [5.41, 5.74) is 1.53. The van der Waals surface area contributed by atoms with Crippen molar-refractivity contribution in [1.29, 1.82) is 0 Å². The standard InChI is InChI=1S/C17H15N3O3S/c1-22-14-5-3-2-4-13(14)15-18-16(23-19-15)12-8-20(9-12)17(21)11-6-7-24-10-11/h2-7,10,12H,8-9H2,1H3. The van der Waals surface area contributed by atoms with E-state index in [-0.39, 0.29) is 11.8 Å².